The second-order valence-corrected chi connectivity index (χ2v) is 4.73. The van der Waals surface area contributed by atoms with Crippen LogP contribution in [0, 0.1) is 13.8 Å². The van der Waals surface area contributed by atoms with Gasteiger partial charge in [-0.1, -0.05) is 12.1 Å². The summed E-state index contributed by atoms with van der Waals surface area (Å²) in [6, 6.07) is 7.63. The Morgan fingerprint density at radius 2 is 2.05 bits per heavy atom. The van der Waals surface area contributed by atoms with E-state index in [1.54, 1.807) is 4.68 Å². The Balaban J connectivity index is 1.92. The van der Waals surface area contributed by atoms with Gasteiger partial charge in [-0.2, -0.15) is 5.10 Å². The Morgan fingerprint density at radius 3 is 2.70 bits per heavy atom. The fraction of sp³-hybridized carbons (Fsp3) is 0.214. The van der Waals surface area contributed by atoms with Crippen molar-refractivity contribution in [3.8, 4) is 0 Å². The summed E-state index contributed by atoms with van der Waals surface area (Å²) in [5.41, 5.74) is 3.84. The molecule has 0 aliphatic heterocycles. The average Bonchev–Trinajstić information content (AvgIpc) is 2.90. The summed E-state index contributed by atoms with van der Waals surface area (Å²) < 4.78 is 1.70. The number of aryl methyl sites for hydroxylation is 2. The van der Waals surface area contributed by atoms with E-state index >= 15 is 0 Å². The predicted molar refractivity (Wildman–Crippen MR) is 76.7 cm³/mol. The van der Waals surface area contributed by atoms with E-state index in [1.165, 1.54) is 0 Å². The minimum absolute atomic E-state index is 0.202. The van der Waals surface area contributed by atoms with E-state index in [-0.39, 0.29) is 5.91 Å². The number of imidazole rings is 1. The summed E-state index contributed by atoms with van der Waals surface area (Å²) in [4.78, 5) is 19.7. The lowest BCUT2D eigenvalue weighted by molar-refractivity contribution is 0.102. The maximum absolute atomic E-state index is 12.3. The number of carbonyl (C=O) groups excluding carboxylic acids is 1. The van der Waals surface area contributed by atoms with Crippen molar-refractivity contribution in [3.05, 3.63) is 41.2 Å². The van der Waals surface area contributed by atoms with E-state index in [2.05, 4.69) is 20.4 Å². The Morgan fingerprint density at radius 1 is 1.30 bits per heavy atom. The monoisotopic (exact) mass is 269 g/mol. The van der Waals surface area contributed by atoms with Gasteiger partial charge in [-0.25, -0.2) is 4.98 Å². The molecule has 6 nitrogen and oxygen atoms in total. The maximum atomic E-state index is 12.3. The highest BCUT2D eigenvalue weighted by atomic mass is 16.1. The van der Waals surface area contributed by atoms with E-state index in [4.69, 9.17) is 0 Å². The fourth-order valence-electron chi connectivity index (χ4n) is 2.28. The summed E-state index contributed by atoms with van der Waals surface area (Å²) in [5, 5.41) is 7.02. The molecule has 0 radical (unpaired) electrons. The quantitative estimate of drug-likeness (QED) is 0.748. The Bertz CT molecular complexity index is 766. The van der Waals surface area contributed by atoms with E-state index in [0.29, 0.717) is 17.2 Å². The molecule has 0 saturated carbocycles. The van der Waals surface area contributed by atoms with Crippen LogP contribution < -0.4 is 5.32 Å². The number of hydrogen-bond acceptors (Lipinski definition) is 3. The molecule has 0 aliphatic carbocycles. The zero-order valence-corrected chi connectivity index (χ0v) is 11.6. The van der Waals surface area contributed by atoms with Crippen LogP contribution in [0.25, 0.3) is 11.0 Å². The van der Waals surface area contributed by atoms with Gasteiger partial charge in [-0.05, 0) is 26.0 Å². The Kier molecular flexibility index (Phi) is 2.78. The molecule has 6 heteroatoms. The molecule has 1 amide bonds. The lowest BCUT2D eigenvalue weighted by Crippen LogP contribution is -2.15. The van der Waals surface area contributed by atoms with E-state index in [9.17, 15) is 4.79 Å². The van der Waals surface area contributed by atoms with Gasteiger partial charge in [0.05, 0.1) is 22.3 Å². The van der Waals surface area contributed by atoms with Crippen LogP contribution in [-0.4, -0.2) is 25.7 Å². The van der Waals surface area contributed by atoms with Gasteiger partial charge in [0.25, 0.3) is 5.91 Å². The van der Waals surface area contributed by atoms with Crippen LogP contribution in [0.3, 0.4) is 0 Å². The van der Waals surface area contributed by atoms with Crippen molar-refractivity contribution in [1.29, 1.82) is 0 Å². The third-order valence-corrected chi connectivity index (χ3v) is 3.36. The van der Waals surface area contributed by atoms with Crippen molar-refractivity contribution < 1.29 is 4.79 Å². The smallest absolute Gasteiger partial charge is 0.261 e. The van der Waals surface area contributed by atoms with Gasteiger partial charge in [0.2, 0.25) is 5.95 Å². The molecule has 0 fully saturated rings. The highest BCUT2D eigenvalue weighted by Crippen LogP contribution is 2.16. The van der Waals surface area contributed by atoms with Crippen molar-refractivity contribution in [2.75, 3.05) is 5.32 Å². The number of amides is 1. The fourth-order valence-corrected chi connectivity index (χ4v) is 2.28. The number of nitrogens with one attached hydrogen (secondary N) is 2. The zero-order valence-electron chi connectivity index (χ0n) is 11.6. The molecule has 0 aliphatic rings. The van der Waals surface area contributed by atoms with Gasteiger partial charge in [-0.15, -0.1) is 0 Å². The Labute approximate surface area is 115 Å². The summed E-state index contributed by atoms with van der Waals surface area (Å²) in [6.45, 7) is 3.69. The lowest BCUT2D eigenvalue weighted by atomic mass is 10.2. The highest BCUT2D eigenvalue weighted by molar-refractivity contribution is 6.05. The zero-order chi connectivity index (χ0) is 14.3. The summed E-state index contributed by atoms with van der Waals surface area (Å²) in [7, 11) is 1.82. The number of rotatable bonds is 2. The van der Waals surface area contributed by atoms with Crippen molar-refractivity contribution in [1.82, 2.24) is 19.7 Å². The van der Waals surface area contributed by atoms with E-state index in [1.807, 2.05) is 45.2 Å². The van der Waals surface area contributed by atoms with Gasteiger partial charge >= 0.3 is 0 Å². The van der Waals surface area contributed by atoms with Crippen LogP contribution in [0.4, 0.5) is 5.95 Å². The molecular weight excluding hydrogens is 254 g/mol. The number of hydrogen-bond donors (Lipinski definition) is 2. The number of benzene rings is 1. The van der Waals surface area contributed by atoms with Gasteiger partial charge in [0.1, 0.15) is 0 Å². The SMILES string of the molecule is Cc1nn(C)c(C)c1C(=O)Nc1nc2ccccc2[nH]1. The first-order valence-corrected chi connectivity index (χ1v) is 6.32. The normalized spacial score (nSPS) is 10.9. The number of H-pyrrole nitrogens is 1. The summed E-state index contributed by atoms with van der Waals surface area (Å²) >= 11 is 0. The molecule has 3 rings (SSSR count). The summed E-state index contributed by atoms with van der Waals surface area (Å²) in [6.07, 6.45) is 0. The Hall–Kier alpha value is -2.63. The van der Waals surface area contributed by atoms with Crippen molar-refractivity contribution in [3.63, 3.8) is 0 Å². The first kappa shape index (κ1) is 12.4. The number of nitrogens with zero attached hydrogens (tertiary/aromatic N) is 3. The molecule has 0 atom stereocenters. The van der Waals surface area contributed by atoms with E-state index < -0.39 is 0 Å². The molecular formula is C14H15N5O. The van der Waals surface area contributed by atoms with Crippen LogP contribution in [0.1, 0.15) is 21.7 Å². The van der Waals surface area contributed by atoms with Gasteiger partial charge in [0.15, 0.2) is 0 Å². The minimum atomic E-state index is -0.202. The van der Waals surface area contributed by atoms with Crippen molar-refractivity contribution in [2.45, 2.75) is 13.8 Å². The van der Waals surface area contributed by atoms with Crippen LogP contribution in [0.15, 0.2) is 24.3 Å². The molecule has 0 spiro atoms. The molecule has 1 aromatic carbocycles. The number of fused-ring (bicyclic) bond motifs is 1. The largest absolute Gasteiger partial charge is 0.324 e. The molecule has 0 unspecified atom stereocenters. The summed E-state index contributed by atoms with van der Waals surface area (Å²) in [5.74, 6) is 0.242. The predicted octanol–water partition coefficient (Wildman–Crippen LogP) is 2.17. The molecule has 0 saturated heterocycles. The molecule has 20 heavy (non-hydrogen) atoms. The minimum Gasteiger partial charge on any atom is -0.324 e. The van der Waals surface area contributed by atoms with Gasteiger partial charge in [0, 0.05) is 12.7 Å². The maximum Gasteiger partial charge on any atom is 0.261 e. The molecule has 102 valence electrons. The van der Waals surface area contributed by atoms with Crippen LogP contribution in [-0.2, 0) is 7.05 Å². The molecule has 2 aromatic heterocycles. The highest BCUT2D eigenvalue weighted by Gasteiger charge is 2.18. The van der Waals surface area contributed by atoms with Crippen LogP contribution >= 0.6 is 0 Å². The third-order valence-electron chi connectivity index (χ3n) is 3.36. The number of para-hydroxylation sites is 2. The van der Waals surface area contributed by atoms with Gasteiger partial charge < -0.3 is 4.98 Å². The first-order chi connectivity index (χ1) is 9.56. The van der Waals surface area contributed by atoms with Crippen molar-refractivity contribution >= 4 is 22.9 Å². The second-order valence-electron chi connectivity index (χ2n) is 4.73. The first-order valence-electron chi connectivity index (χ1n) is 6.32. The van der Waals surface area contributed by atoms with Crippen LogP contribution in [0.2, 0.25) is 0 Å². The molecule has 0 bridgehead atoms. The molecule has 2 N–H and O–H groups in total. The lowest BCUT2D eigenvalue weighted by Gasteiger charge is -2.02. The number of carbonyl (C=O) groups is 1. The third kappa shape index (κ3) is 1.95. The average molecular weight is 269 g/mol. The molecule has 3 aromatic rings. The van der Waals surface area contributed by atoms with Crippen molar-refractivity contribution in [2.24, 2.45) is 7.05 Å². The second kappa shape index (κ2) is 4.48. The number of aromatic amines is 1. The van der Waals surface area contributed by atoms with Gasteiger partial charge in [-0.3, -0.25) is 14.8 Å². The topological polar surface area (TPSA) is 75.6 Å². The standard InChI is InChI=1S/C14H15N5O/c1-8-12(9(2)19(3)18-8)13(20)17-14-15-10-6-4-5-7-11(10)16-14/h4-7H,1-3H3,(H2,15,16,17,20). The van der Waals surface area contributed by atoms with E-state index in [0.717, 1.165) is 16.7 Å². The molecule has 2 heterocycles. The number of anilines is 1. The number of aromatic nitrogens is 4. The van der Waals surface area contributed by atoms with Crippen LogP contribution in [0.5, 0.6) is 0 Å².